The summed E-state index contributed by atoms with van der Waals surface area (Å²) in [4.78, 5) is 12.2. The monoisotopic (exact) mass is 252 g/mol. The zero-order chi connectivity index (χ0) is 13.8. The van der Waals surface area contributed by atoms with Crippen LogP contribution in [0.4, 0.5) is 5.69 Å². The summed E-state index contributed by atoms with van der Waals surface area (Å²) in [5.41, 5.74) is 5.99. The third kappa shape index (κ3) is 3.37. The summed E-state index contributed by atoms with van der Waals surface area (Å²) >= 11 is 0. The fourth-order valence-corrected chi connectivity index (χ4v) is 1.67. The molecule has 1 aromatic rings. The molecule has 0 aromatic heterocycles. The van der Waals surface area contributed by atoms with Crippen LogP contribution in [0.15, 0.2) is 18.2 Å². The highest BCUT2D eigenvalue weighted by molar-refractivity contribution is 6.02. The van der Waals surface area contributed by atoms with E-state index in [1.165, 1.54) is 7.11 Å². The highest BCUT2D eigenvalue weighted by atomic mass is 16.5. The van der Waals surface area contributed by atoms with Gasteiger partial charge in [-0.1, -0.05) is 6.07 Å². The number of nitrogens with two attached hydrogens (primary N) is 1. The molecule has 18 heavy (non-hydrogen) atoms. The second-order valence-corrected chi connectivity index (χ2v) is 4.74. The molecule has 5 nitrogen and oxygen atoms in total. The maximum atomic E-state index is 12.2. The number of amides is 1. The number of benzene rings is 1. The lowest BCUT2D eigenvalue weighted by Gasteiger charge is -2.26. The lowest BCUT2D eigenvalue weighted by molar-refractivity contribution is 0.0897. The van der Waals surface area contributed by atoms with Gasteiger partial charge in [0.25, 0.3) is 5.91 Å². The van der Waals surface area contributed by atoms with E-state index in [1.807, 2.05) is 13.8 Å². The summed E-state index contributed by atoms with van der Waals surface area (Å²) < 4.78 is 5.13. The first-order chi connectivity index (χ1) is 8.41. The first kappa shape index (κ1) is 14.3. The van der Waals surface area contributed by atoms with Gasteiger partial charge >= 0.3 is 0 Å². The number of methoxy groups -OCH3 is 1. The van der Waals surface area contributed by atoms with Gasteiger partial charge < -0.3 is 20.9 Å². The Hall–Kier alpha value is -1.75. The highest BCUT2D eigenvalue weighted by Gasteiger charge is 2.23. The molecule has 0 heterocycles. The van der Waals surface area contributed by atoms with Crippen LogP contribution in [0.1, 0.15) is 30.6 Å². The molecule has 4 N–H and O–H groups in total. The summed E-state index contributed by atoms with van der Waals surface area (Å²) in [5, 5.41) is 11.8. The van der Waals surface area contributed by atoms with Crippen LogP contribution in [-0.4, -0.2) is 30.3 Å². The third-order valence-electron chi connectivity index (χ3n) is 2.69. The molecule has 0 saturated carbocycles. The van der Waals surface area contributed by atoms with Crippen molar-refractivity contribution in [2.75, 3.05) is 19.5 Å². The van der Waals surface area contributed by atoms with Crippen LogP contribution in [0.25, 0.3) is 0 Å². The molecule has 1 rings (SSSR count). The lowest BCUT2D eigenvalue weighted by atomic mass is 10.00. The summed E-state index contributed by atoms with van der Waals surface area (Å²) in [7, 11) is 1.49. The molecule has 0 atom stereocenters. The molecule has 0 saturated heterocycles. The minimum atomic E-state index is -0.501. The van der Waals surface area contributed by atoms with Gasteiger partial charge in [-0.3, -0.25) is 4.79 Å². The Kier molecular flexibility index (Phi) is 4.55. The number of nitrogen functional groups attached to an aromatic ring is 1. The van der Waals surface area contributed by atoms with Crippen molar-refractivity contribution in [1.82, 2.24) is 5.32 Å². The van der Waals surface area contributed by atoms with Gasteiger partial charge in [0.05, 0.1) is 7.11 Å². The number of carbonyl (C=O) groups excluding carboxylic acids is 1. The molecule has 0 unspecified atom stereocenters. The van der Waals surface area contributed by atoms with Crippen LogP contribution >= 0.6 is 0 Å². The maximum absolute atomic E-state index is 12.2. The molecule has 0 fully saturated rings. The number of nitrogens with one attached hydrogen (secondary N) is 1. The first-order valence-electron chi connectivity index (χ1n) is 5.77. The van der Waals surface area contributed by atoms with Gasteiger partial charge in [-0.05, 0) is 32.4 Å². The minimum Gasteiger partial charge on any atom is -0.496 e. The summed E-state index contributed by atoms with van der Waals surface area (Å²) in [5.74, 6) is 0.135. The molecule has 0 aliphatic rings. The Labute approximate surface area is 107 Å². The van der Waals surface area contributed by atoms with Crippen LogP contribution in [-0.2, 0) is 0 Å². The van der Waals surface area contributed by atoms with Crippen LogP contribution in [0.2, 0.25) is 0 Å². The third-order valence-corrected chi connectivity index (χ3v) is 2.69. The smallest absolute Gasteiger partial charge is 0.257 e. The quantitative estimate of drug-likeness (QED) is 0.687. The van der Waals surface area contributed by atoms with Gasteiger partial charge in [0.1, 0.15) is 11.3 Å². The SMILES string of the molecule is COc1cccc(N)c1C(=O)NC(C)(C)CCO. The van der Waals surface area contributed by atoms with Crippen molar-refractivity contribution in [3.63, 3.8) is 0 Å². The lowest BCUT2D eigenvalue weighted by Crippen LogP contribution is -2.44. The Morgan fingerprint density at radius 1 is 1.50 bits per heavy atom. The van der Waals surface area contributed by atoms with E-state index in [4.69, 9.17) is 15.6 Å². The van der Waals surface area contributed by atoms with Crippen molar-refractivity contribution in [3.8, 4) is 5.75 Å². The average Bonchev–Trinajstić information content (AvgIpc) is 2.27. The Bertz CT molecular complexity index is 430. The van der Waals surface area contributed by atoms with E-state index in [-0.39, 0.29) is 12.5 Å². The van der Waals surface area contributed by atoms with Crippen LogP contribution in [0.3, 0.4) is 0 Å². The van der Waals surface area contributed by atoms with E-state index >= 15 is 0 Å². The van der Waals surface area contributed by atoms with Gasteiger partial charge in [0.15, 0.2) is 0 Å². The number of rotatable bonds is 5. The van der Waals surface area contributed by atoms with E-state index < -0.39 is 5.54 Å². The maximum Gasteiger partial charge on any atom is 0.257 e. The van der Waals surface area contributed by atoms with Crippen molar-refractivity contribution in [2.45, 2.75) is 25.8 Å². The number of hydrogen-bond donors (Lipinski definition) is 3. The van der Waals surface area contributed by atoms with Crippen LogP contribution in [0, 0.1) is 0 Å². The summed E-state index contributed by atoms with van der Waals surface area (Å²) in [6, 6.07) is 5.06. The van der Waals surface area contributed by atoms with E-state index in [9.17, 15) is 4.79 Å². The summed E-state index contributed by atoms with van der Waals surface area (Å²) in [6.07, 6.45) is 0.466. The summed E-state index contributed by atoms with van der Waals surface area (Å²) in [6.45, 7) is 3.69. The molecule has 5 heteroatoms. The first-order valence-corrected chi connectivity index (χ1v) is 5.77. The van der Waals surface area contributed by atoms with Crippen molar-refractivity contribution >= 4 is 11.6 Å². The number of ether oxygens (including phenoxy) is 1. The molecule has 0 radical (unpaired) electrons. The van der Waals surface area contributed by atoms with E-state index in [1.54, 1.807) is 18.2 Å². The molecule has 0 aliphatic heterocycles. The second-order valence-electron chi connectivity index (χ2n) is 4.74. The Morgan fingerprint density at radius 2 is 2.17 bits per heavy atom. The van der Waals surface area contributed by atoms with Crippen molar-refractivity contribution in [2.24, 2.45) is 0 Å². The van der Waals surface area contributed by atoms with Gasteiger partial charge in [-0.2, -0.15) is 0 Å². The molecule has 0 bridgehead atoms. The van der Waals surface area contributed by atoms with Crippen molar-refractivity contribution in [1.29, 1.82) is 0 Å². The minimum absolute atomic E-state index is 0.00862. The van der Waals surface area contributed by atoms with Gasteiger partial charge in [-0.15, -0.1) is 0 Å². The topological polar surface area (TPSA) is 84.6 Å². The fourth-order valence-electron chi connectivity index (χ4n) is 1.67. The standard InChI is InChI=1S/C13H20N2O3/c1-13(2,7-8-16)15-12(17)11-9(14)5-4-6-10(11)18-3/h4-6,16H,7-8,14H2,1-3H3,(H,15,17). The second kappa shape index (κ2) is 5.73. The number of aliphatic hydroxyl groups excluding tert-OH is 1. The number of carbonyl (C=O) groups is 1. The molecule has 1 amide bonds. The zero-order valence-electron chi connectivity index (χ0n) is 11.0. The Balaban J connectivity index is 2.97. The van der Waals surface area contributed by atoms with E-state index in [2.05, 4.69) is 5.32 Å². The molecular formula is C13H20N2O3. The molecule has 100 valence electrons. The molecule has 0 aliphatic carbocycles. The average molecular weight is 252 g/mol. The van der Waals surface area contributed by atoms with Crippen molar-refractivity contribution < 1.29 is 14.6 Å². The van der Waals surface area contributed by atoms with Gasteiger partial charge in [0, 0.05) is 17.8 Å². The van der Waals surface area contributed by atoms with Crippen molar-refractivity contribution in [3.05, 3.63) is 23.8 Å². The number of anilines is 1. The van der Waals surface area contributed by atoms with E-state index in [0.29, 0.717) is 23.4 Å². The van der Waals surface area contributed by atoms with Crippen LogP contribution in [0.5, 0.6) is 5.75 Å². The predicted octanol–water partition coefficient (Wildman–Crippen LogP) is 1.17. The predicted molar refractivity (Wildman–Crippen MR) is 70.7 cm³/mol. The normalized spacial score (nSPS) is 11.1. The number of hydrogen-bond acceptors (Lipinski definition) is 4. The van der Waals surface area contributed by atoms with Gasteiger partial charge in [0.2, 0.25) is 0 Å². The van der Waals surface area contributed by atoms with E-state index in [0.717, 1.165) is 0 Å². The zero-order valence-corrected chi connectivity index (χ0v) is 11.0. The highest BCUT2D eigenvalue weighted by Crippen LogP contribution is 2.24. The fraction of sp³-hybridized carbons (Fsp3) is 0.462. The largest absolute Gasteiger partial charge is 0.496 e. The molecule has 1 aromatic carbocycles. The van der Waals surface area contributed by atoms with Gasteiger partial charge in [-0.25, -0.2) is 0 Å². The Morgan fingerprint density at radius 3 is 2.72 bits per heavy atom. The molecule has 0 spiro atoms. The van der Waals surface area contributed by atoms with Crippen LogP contribution < -0.4 is 15.8 Å². The molecular weight excluding hydrogens is 232 g/mol. The number of aliphatic hydroxyl groups is 1.